The van der Waals surface area contributed by atoms with Gasteiger partial charge in [-0.3, -0.25) is 4.79 Å². The third-order valence-corrected chi connectivity index (χ3v) is 1.49. The van der Waals surface area contributed by atoms with E-state index in [0.29, 0.717) is 5.57 Å². The minimum Gasteiger partial charge on any atom is -0.481 e. The van der Waals surface area contributed by atoms with Crippen LogP contribution in [0.25, 0.3) is 0 Å². The fraction of sp³-hybridized carbons (Fsp3) is 0.375. The van der Waals surface area contributed by atoms with Gasteiger partial charge in [-0.15, -0.1) is 0 Å². The molecule has 1 atom stereocenters. The molecule has 0 bridgehead atoms. The predicted molar refractivity (Wildman–Crippen MR) is 39.0 cm³/mol. The number of hydrogen-bond acceptors (Lipinski definition) is 1. The summed E-state index contributed by atoms with van der Waals surface area (Å²) in [6, 6.07) is 0. The largest absolute Gasteiger partial charge is 0.481 e. The molecule has 60 valence electrons. The van der Waals surface area contributed by atoms with Crippen molar-refractivity contribution < 1.29 is 14.3 Å². The number of allylic oxidation sites excluding steroid dienone is 3. The van der Waals surface area contributed by atoms with E-state index in [4.69, 9.17) is 5.11 Å². The Kier molecular flexibility index (Phi) is 2.41. The van der Waals surface area contributed by atoms with Gasteiger partial charge in [0.15, 0.2) is 0 Å². The predicted octanol–water partition coefficient (Wildman–Crippen LogP) is 1.69. The highest BCUT2D eigenvalue weighted by Gasteiger charge is 2.11. The number of hydrogen-bond donors (Lipinski definition) is 1. The Morgan fingerprint density at radius 3 is 3.09 bits per heavy atom. The molecule has 0 fully saturated rings. The Labute approximate surface area is 64.0 Å². The molecule has 0 amide bonds. The molecular formula is C8H9FO2. The van der Waals surface area contributed by atoms with Crippen molar-refractivity contribution in [3.05, 3.63) is 23.8 Å². The standard InChI is InChI=1S/C8H9FO2/c9-7-3-1-2-6(4-7)5-8(10)11/h1-3,7H,4-5H2,(H,10,11). The molecule has 0 heterocycles. The fourth-order valence-corrected chi connectivity index (χ4v) is 1.02. The Morgan fingerprint density at radius 1 is 1.82 bits per heavy atom. The van der Waals surface area contributed by atoms with Crippen molar-refractivity contribution in [1.29, 1.82) is 0 Å². The van der Waals surface area contributed by atoms with Crippen LogP contribution in [0.2, 0.25) is 0 Å². The second kappa shape index (κ2) is 3.32. The van der Waals surface area contributed by atoms with E-state index in [1.807, 2.05) is 0 Å². The number of aliphatic carboxylic acids is 1. The highest BCUT2D eigenvalue weighted by molar-refractivity contribution is 5.70. The van der Waals surface area contributed by atoms with E-state index in [0.717, 1.165) is 0 Å². The van der Waals surface area contributed by atoms with Crippen LogP contribution in [0.1, 0.15) is 12.8 Å². The Hall–Kier alpha value is -1.12. The van der Waals surface area contributed by atoms with Crippen molar-refractivity contribution >= 4 is 5.97 Å². The molecule has 1 N–H and O–H groups in total. The monoisotopic (exact) mass is 156 g/mol. The van der Waals surface area contributed by atoms with E-state index >= 15 is 0 Å². The summed E-state index contributed by atoms with van der Waals surface area (Å²) < 4.78 is 12.6. The lowest BCUT2D eigenvalue weighted by atomic mass is 10.0. The maximum absolute atomic E-state index is 12.6. The lowest BCUT2D eigenvalue weighted by Crippen LogP contribution is -2.05. The molecule has 0 radical (unpaired) electrons. The van der Waals surface area contributed by atoms with Crippen LogP contribution < -0.4 is 0 Å². The van der Waals surface area contributed by atoms with Crippen LogP contribution in [-0.2, 0) is 4.79 Å². The normalized spacial score (nSPS) is 23.0. The van der Waals surface area contributed by atoms with Gasteiger partial charge < -0.3 is 5.11 Å². The number of carboxylic acid groups (broad SMARTS) is 1. The van der Waals surface area contributed by atoms with Crippen molar-refractivity contribution in [1.82, 2.24) is 0 Å². The molecule has 0 aliphatic heterocycles. The van der Waals surface area contributed by atoms with Crippen LogP contribution in [0.4, 0.5) is 4.39 Å². The van der Waals surface area contributed by atoms with Gasteiger partial charge in [-0.05, 0) is 0 Å². The molecule has 1 aliphatic carbocycles. The van der Waals surface area contributed by atoms with Gasteiger partial charge in [-0.25, -0.2) is 4.39 Å². The molecule has 1 unspecified atom stereocenters. The quantitative estimate of drug-likeness (QED) is 0.660. The van der Waals surface area contributed by atoms with Crippen molar-refractivity contribution in [3.8, 4) is 0 Å². The highest BCUT2D eigenvalue weighted by atomic mass is 19.1. The number of carbonyl (C=O) groups is 1. The molecule has 2 nitrogen and oxygen atoms in total. The van der Waals surface area contributed by atoms with Gasteiger partial charge >= 0.3 is 5.97 Å². The first-order valence-electron chi connectivity index (χ1n) is 3.40. The maximum atomic E-state index is 12.6. The molecule has 11 heavy (non-hydrogen) atoms. The van der Waals surface area contributed by atoms with E-state index < -0.39 is 12.1 Å². The maximum Gasteiger partial charge on any atom is 0.307 e. The van der Waals surface area contributed by atoms with Crippen molar-refractivity contribution in [3.63, 3.8) is 0 Å². The zero-order valence-electron chi connectivity index (χ0n) is 5.96. The van der Waals surface area contributed by atoms with Gasteiger partial charge in [0, 0.05) is 6.42 Å². The molecule has 1 aliphatic rings. The summed E-state index contributed by atoms with van der Waals surface area (Å²) >= 11 is 0. The second-order valence-electron chi connectivity index (χ2n) is 2.50. The molecule has 0 aromatic carbocycles. The smallest absolute Gasteiger partial charge is 0.307 e. The van der Waals surface area contributed by atoms with Crippen LogP contribution in [-0.4, -0.2) is 17.2 Å². The van der Waals surface area contributed by atoms with Crippen molar-refractivity contribution in [2.75, 3.05) is 0 Å². The first kappa shape index (κ1) is 7.98. The molecule has 0 saturated carbocycles. The molecule has 0 saturated heterocycles. The van der Waals surface area contributed by atoms with E-state index in [1.54, 1.807) is 12.2 Å². The third-order valence-electron chi connectivity index (χ3n) is 1.49. The first-order valence-corrected chi connectivity index (χ1v) is 3.40. The van der Waals surface area contributed by atoms with E-state index in [-0.39, 0.29) is 12.8 Å². The van der Waals surface area contributed by atoms with Crippen LogP contribution in [0.5, 0.6) is 0 Å². The molecule has 0 spiro atoms. The highest BCUT2D eigenvalue weighted by Crippen LogP contribution is 2.17. The van der Waals surface area contributed by atoms with Gasteiger partial charge in [-0.1, -0.05) is 23.8 Å². The molecule has 0 aromatic rings. The summed E-state index contributed by atoms with van der Waals surface area (Å²) in [5.74, 6) is -0.904. The Bertz CT molecular complexity index is 218. The third kappa shape index (κ3) is 2.53. The molecular weight excluding hydrogens is 147 g/mol. The minimum absolute atomic E-state index is 0.0508. The topological polar surface area (TPSA) is 37.3 Å². The zero-order chi connectivity index (χ0) is 8.27. The van der Waals surface area contributed by atoms with Gasteiger partial charge in [0.25, 0.3) is 0 Å². The summed E-state index contributed by atoms with van der Waals surface area (Å²) in [6.07, 6.45) is 3.81. The molecule has 0 aromatic heterocycles. The van der Waals surface area contributed by atoms with Crippen LogP contribution >= 0.6 is 0 Å². The summed E-state index contributed by atoms with van der Waals surface area (Å²) in [4.78, 5) is 10.2. The van der Waals surface area contributed by atoms with E-state index in [2.05, 4.69) is 0 Å². The average molecular weight is 156 g/mol. The molecule has 3 heteroatoms. The average Bonchev–Trinajstić information content (AvgIpc) is 1.85. The number of alkyl halides is 1. The van der Waals surface area contributed by atoms with Crippen LogP contribution in [0.3, 0.4) is 0 Å². The summed E-state index contributed by atoms with van der Waals surface area (Å²) in [5.41, 5.74) is 0.646. The van der Waals surface area contributed by atoms with Crippen molar-refractivity contribution in [2.24, 2.45) is 0 Å². The van der Waals surface area contributed by atoms with Crippen molar-refractivity contribution in [2.45, 2.75) is 19.0 Å². The zero-order valence-corrected chi connectivity index (χ0v) is 5.96. The Morgan fingerprint density at radius 2 is 2.55 bits per heavy atom. The minimum atomic E-state index is -1.01. The summed E-state index contributed by atoms with van der Waals surface area (Å²) in [5, 5.41) is 8.36. The number of carboxylic acids is 1. The van der Waals surface area contributed by atoms with Gasteiger partial charge in [0.05, 0.1) is 6.42 Å². The number of halogens is 1. The SMILES string of the molecule is O=C(O)CC1=CC=CC(F)C1. The Balaban J connectivity index is 2.52. The summed E-state index contributed by atoms with van der Waals surface area (Å²) in [7, 11) is 0. The van der Waals surface area contributed by atoms with Gasteiger partial charge in [0.2, 0.25) is 0 Å². The van der Waals surface area contributed by atoms with E-state index in [1.165, 1.54) is 6.08 Å². The number of rotatable bonds is 2. The fourth-order valence-electron chi connectivity index (χ4n) is 1.02. The summed E-state index contributed by atoms with van der Waals surface area (Å²) in [6.45, 7) is 0. The van der Waals surface area contributed by atoms with Crippen LogP contribution in [0.15, 0.2) is 23.8 Å². The van der Waals surface area contributed by atoms with E-state index in [9.17, 15) is 9.18 Å². The van der Waals surface area contributed by atoms with Gasteiger partial charge in [0.1, 0.15) is 6.17 Å². The first-order chi connectivity index (χ1) is 5.18. The molecule has 1 rings (SSSR count). The lowest BCUT2D eigenvalue weighted by Gasteiger charge is -2.09. The second-order valence-corrected chi connectivity index (χ2v) is 2.50. The lowest BCUT2D eigenvalue weighted by molar-refractivity contribution is -0.136. The van der Waals surface area contributed by atoms with Gasteiger partial charge in [-0.2, -0.15) is 0 Å². The van der Waals surface area contributed by atoms with Crippen LogP contribution in [0, 0.1) is 0 Å².